The van der Waals surface area contributed by atoms with Crippen molar-refractivity contribution in [2.75, 3.05) is 13.1 Å². The minimum absolute atomic E-state index is 0.102. The molecule has 3 nitrogen and oxygen atoms in total. The monoisotopic (exact) mass is 184 g/mol. The third-order valence-electron chi connectivity index (χ3n) is 2.61. The van der Waals surface area contributed by atoms with Crippen molar-refractivity contribution in [3.8, 4) is 0 Å². The van der Waals surface area contributed by atoms with Crippen molar-refractivity contribution >= 4 is 5.91 Å². The van der Waals surface area contributed by atoms with E-state index in [0.717, 1.165) is 25.8 Å². The standard InChI is InChI=1S/C10H20N2O/c1-3-7-11-8-9(13)12-10(2)5-4-6-10/h11H,3-8H2,1-2H3,(H,12,13). The van der Waals surface area contributed by atoms with Crippen molar-refractivity contribution in [3.63, 3.8) is 0 Å². The summed E-state index contributed by atoms with van der Waals surface area (Å²) in [4.78, 5) is 11.4. The van der Waals surface area contributed by atoms with Gasteiger partial charge in [-0.15, -0.1) is 0 Å². The van der Waals surface area contributed by atoms with Crippen LogP contribution in [-0.4, -0.2) is 24.5 Å². The number of amides is 1. The summed E-state index contributed by atoms with van der Waals surface area (Å²) in [6.07, 6.45) is 4.59. The Bertz CT molecular complexity index is 176. The maximum absolute atomic E-state index is 11.4. The van der Waals surface area contributed by atoms with Crippen LogP contribution in [0.25, 0.3) is 0 Å². The maximum Gasteiger partial charge on any atom is 0.234 e. The Morgan fingerprint density at radius 1 is 1.46 bits per heavy atom. The van der Waals surface area contributed by atoms with Crippen molar-refractivity contribution in [3.05, 3.63) is 0 Å². The Balaban J connectivity index is 2.10. The van der Waals surface area contributed by atoms with E-state index in [1.165, 1.54) is 6.42 Å². The average Bonchev–Trinajstić information content (AvgIpc) is 2.02. The fourth-order valence-electron chi connectivity index (χ4n) is 1.59. The molecule has 1 aliphatic rings. The highest BCUT2D eigenvalue weighted by Gasteiger charge is 2.32. The largest absolute Gasteiger partial charge is 0.350 e. The summed E-state index contributed by atoms with van der Waals surface area (Å²) in [5.41, 5.74) is 0.102. The molecule has 0 aromatic heterocycles. The molecule has 0 heterocycles. The molecule has 0 saturated heterocycles. The second-order valence-electron chi connectivity index (χ2n) is 4.14. The van der Waals surface area contributed by atoms with Gasteiger partial charge >= 0.3 is 0 Å². The van der Waals surface area contributed by atoms with Crippen LogP contribution in [-0.2, 0) is 4.79 Å². The van der Waals surface area contributed by atoms with Gasteiger partial charge < -0.3 is 10.6 Å². The van der Waals surface area contributed by atoms with E-state index in [2.05, 4.69) is 24.5 Å². The quantitative estimate of drug-likeness (QED) is 0.627. The Morgan fingerprint density at radius 3 is 2.62 bits per heavy atom. The molecule has 0 unspecified atom stereocenters. The van der Waals surface area contributed by atoms with Gasteiger partial charge in [0.15, 0.2) is 0 Å². The van der Waals surface area contributed by atoms with Crippen LogP contribution in [0.1, 0.15) is 39.5 Å². The number of carbonyl (C=O) groups excluding carboxylic acids is 1. The van der Waals surface area contributed by atoms with Crippen molar-refractivity contribution in [1.82, 2.24) is 10.6 Å². The summed E-state index contributed by atoms with van der Waals surface area (Å²) in [6.45, 7) is 5.60. The second-order valence-corrected chi connectivity index (χ2v) is 4.14. The smallest absolute Gasteiger partial charge is 0.234 e. The Kier molecular flexibility index (Phi) is 3.72. The molecule has 0 spiro atoms. The highest BCUT2D eigenvalue weighted by Crippen LogP contribution is 2.30. The third-order valence-corrected chi connectivity index (χ3v) is 2.61. The molecule has 0 aliphatic heterocycles. The van der Waals surface area contributed by atoms with Gasteiger partial charge in [0.05, 0.1) is 6.54 Å². The van der Waals surface area contributed by atoms with E-state index in [1.807, 2.05) is 0 Å². The molecule has 13 heavy (non-hydrogen) atoms. The molecule has 2 N–H and O–H groups in total. The van der Waals surface area contributed by atoms with Crippen LogP contribution in [0, 0.1) is 0 Å². The number of rotatable bonds is 5. The second kappa shape index (κ2) is 4.61. The van der Waals surface area contributed by atoms with E-state index < -0.39 is 0 Å². The van der Waals surface area contributed by atoms with Crippen molar-refractivity contribution in [2.45, 2.75) is 45.1 Å². The van der Waals surface area contributed by atoms with Gasteiger partial charge in [-0.2, -0.15) is 0 Å². The highest BCUT2D eigenvalue weighted by molar-refractivity contribution is 5.78. The molecule has 1 aliphatic carbocycles. The Morgan fingerprint density at radius 2 is 2.15 bits per heavy atom. The zero-order valence-corrected chi connectivity index (χ0v) is 8.65. The van der Waals surface area contributed by atoms with Crippen LogP contribution >= 0.6 is 0 Å². The first-order chi connectivity index (χ1) is 6.16. The molecule has 1 rings (SSSR count). The van der Waals surface area contributed by atoms with Gasteiger partial charge in [0.2, 0.25) is 5.91 Å². The summed E-state index contributed by atoms with van der Waals surface area (Å²) < 4.78 is 0. The molecule has 0 radical (unpaired) electrons. The van der Waals surface area contributed by atoms with E-state index in [4.69, 9.17) is 0 Å². The van der Waals surface area contributed by atoms with Gasteiger partial charge in [0.1, 0.15) is 0 Å². The van der Waals surface area contributed by atoms with Crippen LogP contribution in [0.4, 0.5) is 0 Å². The summed E-state index contributed by atoms with van der Waals surface area (Å²) >= 11 is 0. The molecule has 0 atom stereocenters. The molecule has 76 valence electrons. The van der Waals surface area contributed by atoms with Gasteiger partial charge in [-0.1, -0.05) is 6.92 Å². The summed E-state index contributed by atoms with van der Waals surface area (Å²) in [5.74, 6) is 0.135. The number of hydrogen-bond acceptors (Lipinski definition) is 2. The molecular formula is C10H20N2O. The lowest BCUT2D eigenvalue weighted by Crippen LogP contribution is -2.53. The van der Waals surface area contributed by atoms with Crippen LogP contribution in [0.5, 0.6) is 0 Å². The lowest BCUT2D eigenvalue weighted by Gasteiger charge is -2.39. The third kappa shape index (κ3) is 3.35. The summed E-state index contributed by atoms with van der Waals surface area (Å²) in [7, 11) is 0. The first-order valence-corrected chi connectivity index (χ1v) is 5.18. The Labute approximate surface area is 80.3 Å². The van der Waals surface area contributed by atoms with Crippen LogP contribution < -0.4 is 10.6 Å². The van der Waals surface area contributed by atoms with E-state index in [-0.39, 0.29) is 11.4 Å². The van der Waals surface area contributed by atoms with Gasteiger partial charge in [-0.3, -0.25) is 4.79 Å². The number of nitrogens with one attached hydrogen (secondary N) is 2. The minimum Gasteiger partial charge on any atom is -0.350 e. The van der Waals surface area contributed by atoms with Gasteiger partial charge in [0, 0.05) is 5.54 Å². The van der Waals surface area contributed by atoms with Gasteiger partial charge in [0.25, 0.3) is 0 Å². The molecule has 0 aromatic carbocycles. The first-order valence-electron chi connectivity index (χ1n) is 5.18. The molecule has 0 aromatic rings. The van der Waals surface area contributed by atoms with Gasteiger partial charge in [-0.05, 0) is 39.2 Å². The zero-order valence-electron chi connectivity index (χ0n) is 8.65. The first kappa shape index (κ1) is 10.5. The molecule has 3 heteroatoms. The summed E-state index contributed by atoms with van der Waals surface area (Å²) in [5, 5.41) is 6.14. The SMILES string of the molecule is CCCNCC(=O)NC1(C)CCC1. The maximum atomic E-state index is 11.4. The number of hydrogen-bond donors (Lipinski definition) is 2. The van der Waals surface area contributed by atoms with Gasteiger partial charge in [-0.25, -0.2) is 0 Å². The van der Waals surface area contributed by atoms with Crippen LogP contribution in [0.3, 0.4) is 0 Å². The molecular weight excluding hydrogens is 164 g/mol. The van der Waals surface area contributed by atoms with Crippen LogP contribution in [0.2, 0.25) is 0 Å². The molecule has 1 fully saturated rings. The lowest BCUT2D eigenvalue weighted by molar-refractivity contribution is -0.122. The normalized spacial score (nSPS) is 19.2. The van der Waals surface area contributed by atoms with E-state index in [1.54, 1.807) is 0 Å². The van der Waals surface area contributed by atoms with Crippen molar-refractivity contribution in [1.29, 1.82) is 0 Å². The zero-order chi connectivity index (χ0) is 9.73. The van der Waals surface area contributed by atoms with Crippen LogP contribution in [0.15, 0.2) is 0 Å². The Hall–Kier alpha value is -0.570. The molecule has 1 saturated carbocycles. The summed E-state index contributed by atoms with van der Waals surface area (Å²) in [6, 6.07) is 0. The van der Waals surface area contributed by atoms with Crippen molar-refractivity contribution in [2.24, 2.45) is 0 Å². The minimum atomic E-state index is 0.102. The average molecular weight is 184 g/mol. The van der Waals surface area contributed by atoms with E-state index in [9.17, 15) is 4.79 Å². The highest BCUT2D eigenvalue weighted by atomic mass is 16.2. The van der Waals surface area contributed by atoms with Crippen molar-refractivity contribution < 1.29 is 4.79 Å². The predicted octanol–water partition coefficient (Wildman–Crippen LogP) is 1.04. The van der Waals surface area contributed by atoms with E-state index in [0.29, 0.717) is 6.54 Å². The number of carbonyl (C=O) groups is 1. The lowest BCUT2D eigenvalue weighted by atomic mass is 9.78. The molecule has 1 amide bonds. The predicted molar refractivity (Wildman–Crippen MR) is 53.6 cm³/mol. The molecule has 0 bridgehead atoms. The fourth-order valence-corrected chi connectivity index (χ4v) is 1.59. The van der Waals surface area contributed by atoms with E-state index >= 15 is 0 Å². The fraction of sp³-hybridized carbons (Fsp3) is 0.900. The topological polar surface area (TPSA) is 41.1 Å².